The van der Waals surface area contributed by atoms with Gasteiger partial charge in [-0.1, -0.05) is 17.3 Å². The van der Waals surface area contributed by atoms with Crippen LogP contribution in [0, 0.1) is 13.8 Å². The van der Waals surface area contributed by atoms with Gasteiger partial charge in [-0.3, -0.25) is 4.57 Å². The largest absolute Gasteiger partial charge is 0.495 e. The summed E-state index contributed by atoms with van der Waals surface area (Å²) in [5.41, 5.74) is 5.34. The fourth-order valence-electron chi connectivity index (χ4n) is 4.20. The molecule has 0 atom stereocenters. The van der Waals surface area contributed by atoms with Gasteiger partial charge in [0.15, 0.2) is 35.2 Å². The summed E-state index contributed by atoms with van der Waals surface area (Å²) in [7, 11) is 4.84. The average molecular weight is 487 g/mol. The highest BCUT2D eigenvalue weighted by Gasteiger charge is 2.20. The first-order valence-corrected chi connectivity index (χ1v) is 11.3. The van der Waals surface area contributed by atoms with E-state index in [1.54, 1.807) is 38.4 Å². The number of nitrogens with zero attached hydrogens (tertiary/aromatic N) is 6. The van der Waals surface area contributed by atoms with E-state index in [2.05, 4.69) is 28.7 Å². The predicted molar refractivity (Wildman–Crippen MR) is 136 cm³/mol. The number of aromatic nitrogens is 5. The summed E-state index contributed by atoms with van der Waals surface area (Å²) >= 11 is 0. The Kier molecular flexibility index (Phi) is 6.16. The van der Waals surface area contributed by atoms with Gasteiger partial charge in [0.2, 0.25) is 0 Å². The molecule has 10 heteroatoms. The lowest BCUT2D eigenvalue weighted by atomic mass is 10.2. The molecule has 0 unspecified atom stereocenters. The van der Waals surface area contributed by atoms with E-state index in [1.807, 2.05) is 42.5 Å². The summed E-state index contributed by atoms with van der Waals surface area (Å²) < 4.78 is 19.9. The van der Waals surface area contributed by atoms with Gasteiger partial charge in [-0.25, -0.2) is 14.5 Å². The molecule has 0 saturated carbocycles. The van der Waals surface area contributed by atoms with Crippen molar-refractivity contribution in [3.63, 3.8) is 0 Å². The van der Waals surface area contributed by atoms with E-state index >= 15 is 0 Å². The number of methoxy groups -OCH3 is 3. The first-order chi connectivity index (χ1) is 17.5. The van der Waals surface area contributed by atoms with E-state index in [0.29, 0.717) is 23.0 Å². The van der Waals surface area contributed by atoms with Crippen LogP contribution in [0.2, 0.25) is 0 Å². The van der Waals surface area contributed by atoms with Crippen molar-refractivity contribution in [2.45, 2.75) is 20.5 Å². The number of hydrogen-bond donors (Lipinski definition) is 0. The smallest absolute Gasteiger partial charge is 0.192 e. The fraction of sp³-hybridized carbons (Fsp3) is 0.231. The van der Waals surface area contributed by atoms with E-state index in [0.717, 1.165) is 39.3 Å². The maximum absolute atomic E-state index is 5.59. The van der Waals surface area contributed by atoms with Crippen molar-refractivity contribution >= 4 is 22.9 Å². The fourth-order valence-corrected chi connectivity index (χ4v) is 4.20. The Morgan fingerprint density at radius 3 is 2.47 bits per heavy atom. The quantitative estimate of drug-likeness (QED) is 0.239. The topological polar surface area (TPSA) is 97.3 Å². The van der Waals surface area contributed by atoms with Gasteiger partial charge in [0.1, 0.15) is 12.1 Å². The highest BCUT2D eigenvalue weighted by atomic mass is 16.6. The molecule has 0 aliphatic rings. The maximum atomic E-state index is 5.59. The summed E-state index contributed by atoms with van der Waals surface area (Å²) in [6.45, 7) is 4.23. The highest BCUT2D eigenvalue weighted by molar-refractivity contribution is 5.95. The molecule has 36 heavy (non-hydrogen) atoms. The van der Waals surface area contributed by atoms with Crippen LogP contribution in [0.1, 0.15) is 22.6 Å². The molecule has 0 amide bonds. The standard InChI is InChI=1S/C26H26N6O4/c1-16-17(2)32(19-8-6-7-9-20(19)33-3)25-24(16)26-29-23(30-31(26)15-27-25)14-36-28-13-18-10-11-21(34-4)22(12-18)35-5/h6-13,15H,14H2,1-5H3. The maximum Gasteiger partial charge on any atom is 0.192 e. The van der Waals surface area contributed by atoms with Crippen LogP contribution in [0.4, 0.5) is 0 Å². The zero-order chi connectivity index (χ0) is 25.2. The van der Waals surface area contributed by atoms with Crippen LogP contribution in [0.15, 0.2) is 53.9 Å². The second-order valence-electron chi connectivity index (χ2n) is 8.08. The third-order valence-electron chi connectivity index (χ3n) is 6.08. The zero-order valence-electron chi connectivity index (χ0n) is 20.7. The van der Waals surface area contributed by atoms with Crippen LogP contribution in [-0.4, -0.2) is 51.7 Å². The van der Waals surface area contributed by atoms with Crippen molar-refractivity contribution in [2.75, 3.05) is 21.3 Å². The van der Waals surface area contributed by atoms with Crippen LogP contribution in [0.3, 0.4) is 0 Å². The molecule has 5 rings (SSSR count). The minimum absolute atomic E-state index is 0.109. The molecule has 0 spiro atoms. The Morgan fingerprint density at radius 2 is 1.69 bits per heavy atom. The first kappa shape index (κ1) is 23.2. The van der Waals surface area contributed by atoms with E-state index in [9.17, 15) is 0 Å². The lowest BCUT2D eigenvalue weighted by Crippen LogP contribution is -2.01. The Morgan fingerprint density at radius 1 is 0.917 bits per heavy atom. The van der Waals surface area contributed by atoms with Crippen LogP contribution in [0.5, 0.6) is 17.2 Å². The summed E-state index contributed by atoms with van der Waals surface area (Å²) in [4.78, 5) is 14.9. The minimum atomic E-state index is 0.109. The number of ether oxygens (including phenoxy) is 3. The lowest BCUT2D eigenvalue weighted by Gasteiger charge is -2.12. The number of para-hydroxylation sites is 2. The second kappa shape index (κ2) is 9.57. The van der Waals surface area contributed by atoms with E-state index in [4.69, 9.17) is 29.0 Å². The molecule has 184 valence electrons. The third-order valence-corrected chi connectivity index (χ3v) is 6.08. The zero-order valence-corrected chi connectivity index (χ0v) is 20.7. The molecule has 0 aliphatic heterocycles. The van der Waals surface area contributed by atoms with Crippen molar-refractivity contribution in [1.82, 2.24) is 24.1 Å². The summed E-state index contributed by atoms with van der Waals surface area (Å²) in [6.07, 6.45) is 3.25. The van der Waals surface area contributed by atoms with E-state index < -0.39 is 0 Å². The molecule has 0 N–H and O–H groups in total. The molecule has 5 aromatic rings. The highest BCUT2D eigenvalue weighted by Crippen LogP contribution is 2.33. The molecule has 10 nitrogen and oxygen atoms in total. The predicted octanol–water partition coefficient (Wildman–Crippen LogP) is 4.26. The Balaban J connectivity index is 1.43. The van der Waals surface area contributed by atoms with Gasteiger partial charge in [-0.15, -0.1) is 5.10 Å². The summed E-state index contributed by atoms with van der Waals surface area (Å²) in [5.74, 6) is 2.53. The average Bonchev–Trinajstić information content (AvgIpc) is 3.44. The summed E-state index contributed by atoms with van der Waals surface area (Å²) in [6, 6.07) is 13.3. The molecule has 0 fully saturated rings. The molecule has 0 saturated heterocycles. The van der Waals surface area contributed by atoms with Crippen molar-refractivity contribution in [3.05, 3.63) is 71.4 Å². The first-order valence-electron chi connectivity index (χ1n) is 11.3. The number of oxime groups is 1. The van der Waals surface area contributed by atoms with Crippen LogP contribution >= 0.6 is 0 Å². The van der Waals surface area contributed by atoms with Gasteiger partial charge in [-0.2, -0.15) is 0 Å². The van der Waals surface area contributed by atoms with Crippen molar-refractivity contribution in [3.8, 4) is 22.9 Å². The van der Waals surface area contributed by atoms with Gasteiger partial charge >= 0.3 is 0 Å². The third kappa shape index (κ3) is 3.96. The molecular formula is C26H26N6O4. The molecule has 3 heterocycles. The van der Waals surface area contributed by atoms with Crippen molar-refractivity contribution in [2.24, 2.45) is 5.16 Å². The Bertz CT molecular complexity index is 1590. The Labute approximate surface area is 207 Å². The van der Waals surface area contributed by atoms with Crippen molar-refractivity contribution in [1.29, 1.82) is 0 Å². The van der Waals surface area contributed by atoms with E-state index in [-0.39, 0.29) is 6.61 Å². The molecule has 3 aromatic heterocycles. The number of rotatable bonds is 8. The molecule has 0 bridgehead atoms. The van der Waals surface area contributed by atoms with Crippen LogP contribution in [0.25, 0.3) is 22.4 Å². The molecule has 0 radical (unpaired) electrons. The minimum Gasteiger partial charge on any atom is -0.495 e. The van der Waals surface area contributed by atoms with Crippen molar-refractivity contribution < 1.29 is 19.0 Å². The normalized spacial score (nSPS) is 11.5. The number of hydrogen-bond acceptors (Lipinski definition) is 8. The number of benzene rings is 2. The SMILES string of the molecule is COc1ccc(C=NOCc2nc3c4c(C)c(C)n(-c5ccccc5OC)c4ncn3n2)cc1OC. The van der Waals surface area contributed by atoms with Gasteiger partial charge in [-0.05, 0) is 49.7 Å². The number of fused-ring (bicyclic) bond motifs is 3. The summed E-state index contributed by atoms with van der Waals surface area (Å²) in [5, 5.41) is 9.49. The molecule has 0 aliphatic carbocycles. The lowest BCUT2D eigenvalue weighted by molar-refractivity contribution is 0.126. The van der Waals surface area contributed by atoms with Gasteiger partial charge in [0.25, 0.3) is 0 Å². The second-order valence-corrected chi connectivity index (χ2v) is 8.08. The van der Waals surface area contributed by atoms with Crippen LogP contribution in [-0.2, 0) is 11.4 Å². The van der Waals surface area contributed by atoms with E-state index in [1.165, 1.54) is 0 Å². The van der Waals surface area contributed by atoms with Gasteiger partial charge < -0.3 is 19.0 Å². The van der Waals surface area contributed by atoms with Gasteiger partial charge in [0.05, 0.1) is 38.6 Å². The Hall–Kier alpha value is -4.60. The molecule has 2 aromatic carbocycles. The number of aryl methyl sites for hydroxylation is 1. The molecular weight excluding hydrogens is 460 g/mol. The monoisotopic (exact) mass is 486 g/mol. The van der Waals surface area contributed by atoms with Gasteiger partial charge in [0, 0.05) is 11.3 Å². The van der Waals surface area contributed by atoms with Crippen LogP contribution < -0.4 is 14.2 Å².